The number of nitrogens with one attached hydrogen (secondary N) is 1. The third-order valence-corrected chi connectivity index (χ3v) is 4.47. The summed E-state index contributed by atoms with van der Waals surface area (Å²) >= 11 is 2.56. The van der Waals surface area contributed by atoms with Crippen molar-refractivity contribution >= 4 is 34.6 Å². The van der Waals surface area contributed by atoms with E-state index in [0.29, 0.717) is 15.4 Å². The fourth-order valence-electron chi connectivity index (χ4n) is 1.65. The van der Waals surface area contributed by atoms with Crippen molar-refractivity contribution in [2.75, 3.05) is 0 Å². The first-order valence-corrected chi connectivity index (χ1v) is 7.19. The van der Waals surface area contributed by atoms with Crippen molar-refractivity contribution in [1.29, 1.82) is 0 Å². The lowest BCUT2D eigenvalue weighted by Gasteiger charge is -2.12. The third kappa shape index (κ3) is 2.99. The highest BCUT2D eigenvalue weighted by Gasteiger charge is 2.25. The van der Waals surface area contributed by atoms with E-state index in [4.69, 9.17) is 0 Å². The Balaban J connectivity index is 2.21. The van der Waals surface area contributed by atoms with Gasteiger partial charge < -0.3 is 10.4 Å². The smallest absolute Gasteiger partial charge is 0.331 e. The van der Waals surface area contributed by atoms with Crippen LogP contribution in [0.1, 0.15) is 31.3 Å². The number of aliphatic carboxylic acids is 1. The Hall–Kier alpha value is -1.73. The predicted octanol–water partition coefficient (Wildman–Crippen LogP) is 2.38. The zero-order valence-corrected chi connectivity index (χ0v) is 12.0. The van der Waals surface area contributed by atoms with Gasteiger partial charge in [-0.15, -0.1) is 22.7 Å². The topological polar surface area (TPSA) is 79.3 Å². The minimum absolute atomic E-state index is 0.399. The molecule has 2 aromatic heterocycles. The molecule has 2 heterocycles. The van der Waals surface area contributed by atoms with Gasteiger partial charge in [0.25, 0.3) is 5.91 Å². The molecule has 0 aliphatic rings. The second kappa shape index (κ2) is 5.50. The van der Waals surface area contributed by atoms with Crippen molar-refractivity contribution in [2.24, 2.45) is 0 Å². The molecule has 0 aromatic carbocycles. The number of thiophene rings is 1. The molecule has 100 valence electrons. The number of hydrogen-bond acceptors (Lipinski definition) is 5. The molecule has 7 heteroatoms. The molecule has 0 radical (unpaired) electrons. The van der Waals surface area contributed by atoms with E-state index in [2.05, 4.69) is 10.3 Å². The van der Waals surface area contributed by atoms with Crippen LogP contribution in [0.5, 0.6) is 0 Å². The maximum atomic E-state index is 12.1. The maximum absolute atomic E-state index is 12.1. The van der Waals surface area contributed by atoms with Crippen molar-refractivity contribution in [3.63, 3.8) is 0 Å². The molecule has 5 nitrogen and oxygen atoms in total. The third-order valence-electron chi connectivity index (χ3n) is 2.46. The lowest BCUT2D eigenvalue weighted by Crippen LogP contribution is -2.33. The van der Waals surface area contributed by atoms with Crippen molar-refractivity contribution in [1.82, 2.24) is 10.3 Å². The van der Waals surface area contributed by atoms with E-state index < -0.39 is 17.9 Å². The highest BCUT2D eigenvalue weighted by Crippen LogP contribution is 2.22. The van der Waals surface area contributed by atoms with Crippen LogP contribution >= 0.6 is 22.7 Å². The number of nitrogens with zero attached hydrogens (tertiary/aromatic N) is 1. The zero-order valence-electron chi connectivity index (χ0n) is 10.3. The normalized spacial score (nSPS) is 12.1. The van der Waals surface area contributed by atoms with Crippen LogP contribution in [0.2, 0.25) is 0 Å². The van der Waals surface area contributed by atoms with E-state index in [1.807, 2.05) is 6.92 Å². The minimum atomic E-state index is -1.07. The van der Waals surface area contributed by atoms with Gasteiger partial charge in [0.2, 0.25) is 0 Å². The van der Waals surface area contributed by atoms with Gasteiger partial charge in [0.1, 0.15) is 4.88 Å². The quantitative estimate of drug-likeness (QED) is 0.908. The number of hydrogen-bond donors (Lipinski definition) is 2. The summed E-state index contributed by atoms with van der Waals surface area (Å²) < 4.78 is 0. The average Bonchev–Trinajstić information content (AvgIpc) is 2.95. The number of carbonyl (C=O) groups excluding carboxylic acids is 1. The molecule has 0 fully saturated rings. The van der Waals surface area contributed by atoms with E-state index in [9.17, 15) is 14.7 Å². The first kappa shape index (κ1) is 13.7. The number of carbonyl (C=O) groups is 2. The summed E-state index contributed by atoms with van der Waals surface area (Å²) in [5.74, 6) is -1.47. The lowest BCUT2D eigenvalue weighted by atomic mass is 10.2. The Labute approximate surface area is 117 Å². The number of carboxylic acid groups (broad SMARTS) is 1. The van der Waals surface area contributed by atoms with E-state index in [-0.39, 0.29) is 0 Å². The van der Waals surface area contributed by atoms with Gasteiger partial charge in [-0.25, -0.2) is 9.78 Å². The zero-order chi connectivity index (χ0) is 14.0. The van der Waals surface area contributed by atoms with Gasteiger partial charge in [-0.05, 0) is 25.3 Å². The summed E-state index contributed by atoms with van der Waals surface area (Å²) in [4.78, 5) is 28.5. The molecule has 1 unspecified atom stereocenters. The number of aromatic nitrogens is 1. The average molecular weight is 296 g/mol. The molecular formula is C12H12N2O3S2. The lowest BCUT2D eigenvalue weighted by molar-refractivity contribution is -0.139. The van der Waals surface area contributed by atoms with Gasteiger partial charge in [0.15, 0.2) is 6.04 Å². The Morgan fingerprint density at radius 1 is 1.42 bits per heavy atom. The summed E-state index contributed by atoms with van der Waals surface area (Å²) in [5.41, 5.74) is 0.621. The standard InChI is InChI=1S/C12H12N2O3S2/c1-6-10(19-7(2)13-6)11(15)14-9(12(16)17)8-4-3-5-18-8/h3-5,9H,1-2H3,(H,14,15)(H,16,17). The van der Waals surface area contributed by atoms with Gasteiger partial charge in [0, 0.05) is 4.88 Å². The molecule has 0 aliphatic heterocycles. The molecule has 19 heavy (non-hydrogen) atoms. The number of carboxylic acids is 1. The number of rotatable bonds is 4. The summed E-state index contributed by atoms with van der Waals surface area (Å²) in [6.07, 6.45) is 0. The largest absolute Gasteiger partial charge is 0.479 e. The van der Waals surface area contributed by atoms with E-state index in [1.165, 1.54) is 22.7 Å². The van der Waals surface area contributed by atoms with Crippen LogP contribution in [0.25, 0.3) is 0 Å². The SMILES string of the molecule is Cc1nc(C)c(C(=O)NC(C(=O)O)c2cccs2)s1. The summed E-state index contributed by atoms with van der Waals surface area (Å²) in [7, 11) is 0. The van der Waals surface area contributed by atoms with Crippen molar-refractivity contribution in [3.8, 4) is 0 Å². The maximum Gasteiger partial charge on any atom is 0.331 e. The van der Waals surface area contributed by atoms with Crippen LogP contribution in [0.4, 0.5) is 0 Å². The van der Waals surface area contributed by atoms with Gasteiger partial charge >= 0.3 is 5.97 Å². The van der Waals surface area contributed by atoms with Crippen LogP contribution in [0.15, 0.2) is 17.5 Å². The summed E-state index contributed by atoms with van der Waals surface area (Å²) in [5, 5.41) is 14.3. The fourth-order valence-corrected chi connectivity index (χ4v) is 3.24. The van der Waals surface area contributed by atoms with Gasteiger partial charge in [0.05, 0.1) is 10.7 Å². The first-order valence-electron chi connectivity index (χ1n) is 5.50. The highest BCUT2D eigenvalue weighted by molar-refractivity contribution is 7.13. The van der Waals surface area contributed by atoms with Gasteiger partial charge in [-0.2, -0.15) is 0 Å². The molecule has 0 saturated heterocycles. The molecule has 0 bridgehead atoms. The number of thiazole rings is 1. The molecule has 0 saturated carbocycles. The molecule has 1 atom stereocenters. The second-order valence-corrected chi connectivity index (χ2v) is 6.09. The molecule has 2 rings (SSSR count). The molecule has 0 aliphatic carbocycles. The van der Waals surface area contributed by atoms with Crippen LogP contribution in [-0.4, -0.2) is 22.0 Å². The molecule has 2 N–H and O–H groups in total. The van der Waals surface area contributed by atoms with Crippen LogP contribution in [0, 0.1) is 13.8 Å². The number of aryl methyl sites for hydroxylation is 2. The van der Waals surface area contributed by atoms with Crippen molar-refractivity contribution < 1.29 is 14.7 Å². The molecular weight excluding hydrogens is 284 g/mol. The summed E-state index contributed by atoms with van der Waals surface area (Å²) in [6, 6.07) is 2.42. The van der Waals surface area contributed by atoms with E-state index in [1.54, 1.807) is 24.4 Å². The minimum Gasteiger partial charge on any atom is -0.479 e. The van der Waals surface area contributed by atoms with Gasteiger partial charge in [-0.3, -0.25) is 4.79 Å². The van der Waals surface area contributed by atoms with Crippen molar-refractivity contribution in [3.05, 3.63) is 38.0 Å². The molecule has 0 spiro atoms. The van der Waals surface area contributed by atoms with Gasteiger partial charge in [-0.1, -0.05) is 6.07 Å². The first-order chi connectivity index (χ1) is 8.99. The van der Waals surface area contributed by atoms with Crippen LogP contribution < -0.4 is 5.32 Å². The molecule has 1 amide bonds. The Morgan fingerprint density at radius 3 is 2.63 bits per heavy atom. The highest BCUT2D eigenvalue weighted by atomic mass is 32.1. The Kier molecular flexibility index (Phi) is 3.96. The fraction of sp³-hybridized carbons (Fsp3) is 0.250. The van der Waals surface area contributed by atoms with Crippen molar-refractivity contribution in [2.45, 2.75) is 19.9 Å². The monoisotopic (exact) mass is 296 g/mol. The van der Waals surface area contributed by atoms with E-state index >= 15 is 0 Å². The van der Waals surface area contributed by atoms with Crippen LogP contribution in [-0.2, 0) is 4.79 Å². The Morgan fingerprint density at radius 2 is 2.16 bits per heavy atom. The predicted molar refractivity (Wildman–Crippen MR) is 73.8 cm³/mol. The molecule has 2 aromatic rings. The summed E-state index contributed by atoms with van der Waals surface area (Å²) in [6.45, 7) is 3.54. The van der Waals surface area contributed by atoms with Crippen LogP contribution in [0.3, 0.4) is 0 Å². The second-order valence-electron chi connectivity index (χ2n) is 3.91. The number of amides is 1. The van der Waals surface area contributed by atoms with E-state index in [0.717, 1.165) is 5.01 Å². The Bertz CT molecular complexity index is 605.